The SMILES string of the molecule is Cc1ncsc1-c1ccc(C(C)NC(=O)[C@@H]2C[C@@H](O)CN2C(=O)C(NC(=O)c2cc3cc(N)ccc3o2)C(C)(C)C)cc1.Cl. The number of anilines is 1. The predicted octanol–water partition coefficient (Wildman–Crippen LogP) is 4.85. The number of nitrogen functional groups attached to an aromatic ring is 1. The van der Waals surface area contributed by atoms with Gasteiger partial charge in [-0.25, -0.2) is 4.98 Å². The zero-order valence-corrected chi connectivity index (χ0v) is 26.9. The number of furan rings is 1. The van der Waals surface area contributed by atoms with Crippen molar-refractivity contribution in [1.82, 2.24) is 20.5 Å². The summed E-state index contributed by atoms with van der Waals surface area (Å²) in [6, 6.07) is 12.4. The number of aryl methyl sites for hydroxylation is 1. The van der Waals surface area contributed by atoms with Crippen LogP contribution in [0.5, 0.6) is 0 Å². The smallest absolute Gasteiger partial charge is 0.287 e. The van der Waals surface area contributed by atoms with Crippen molar-refractivity contribution in [3.05, 3.63) is 71.1 Å². The molecule has 234 valence electrons. The number of β-amino-alcohol motifs (C(OH)–C–C–N with tert-alkyl or cyclic N) is 1. The molecule has 12 heteroatoms. The van der Waals surface area contributed by atoms with E-state index in [0.717, 1.165) is 21.7 Å². The van der Waals surface area contributed by atoms with Crippen molar-refractivity contribution in [2.45, 2.75) is 65.3 Å². The highest BCUT2D eigenvalue weighted by Crippen LogP contribution is 2.30. The van der Waals surface area contributed by atoms with Crippen LogP contribution in [0.2, 0.25) is 0 Å². The lowest BCUT2D eigenvalue weighted by Crippen LogP contribution is -2.57. The normalized spacial score (nSPS) is 18.0. The molecule has 0 saturated carbocycles. The Morgan fingerprint density at radius 1 is 1.11 bits per heavy atom. The van der Waals surface area contributed by atoms with Gasteiger partial charge in [0.15, 0.2) is 5.76 Å². The van der Waals surface area contributed by atoms with Crippen molar-refractivity contribution in [3.8, 4) is 10.4 Å². The Kier molecular flexibility index (Phi) is 9.72. The minimum Gasteiger partial charge on any atom is -0.451 e. The van der Waals surface area contributed by atoms with E-state index in [1.54, 1.807) is 35.6 Å². The van der Waals surface area contributed by atoms with Gasteiger partial charge in [-0.3, -0.25) is 14.4 Å². The molecular weight excluding hydrogens is 602 g/mol. The molecule has 3 amide bonds. The summed E-state index contributed by atoms with van der Waals surface area (Å²) in [5, 5.41) is 17.0. The van der Waals surface area contributed by atoms with Gasteiger partial charge in [-0.1, -0.05) is 45.0 Å². The number of carbonyl (C=O) groups excluding carboxylic acids is 3. The molecule has 0 spiro atoms. The largest absolute Gasteiger partial charge is 0.451 e. The van der Waals surface area contributed by atoms with Crippen LogP contribution in [0, 0.1) is 12.3 Å². The standard InChI is InChI=1S/C32H37N5O5S.ClH/c1-17(19-6-8-20(9-7-19)27-18(2)34-16-43-27)35-29(39)24-14-23(38)15-37(24)31(41)28(32(3,4)5)36-30(40)26-13-21-12-22(33)10-11-25(21)42-26;/h6-13,16-17,23-24,28,38H,14-15,33H2,1-5H3,(H,35,39)(H,36,40);1H/t17?,23-,24+,28?;/m1./s1. The molecule has 1 saturated heterocycles. The molecule has 10 nitrogen and oxygen atoms in total. The van der Waals surface area contributed by atoms with Gasteiger partial charge in [0, 0.05) is 24.0 Å². The van der Waals surface area contributed by atoms with Crippen LogP contribution in [-0.4, -0.2) is 57.4 Å². The Hall–Kier alpha value is -3.93. The van der Waals surface area contributed by atoms with E-state index in [0.29, 0.717) is 16.7 Å². The van der Waals surface area contributed by atoms with E-state index >= 15 is 0 Å². The molecule has 44 heavy (non-hydrogen) atoms. The molecule has 4 atom stereocenters. The van der Waals surface area contributed by atoms with Crippen LogP contribution in [0.3, 0.4) is 0 Å². The summed E-state index contributed by atoms with van der Waals surface area (Å²) in [5.74, 6) is -1.33. The van der Waals surface area contributed by atoms with Crippen molar-refractivity contribution in [2.75, 3.05) is 12.3 Å². The van der Waals surface area contributed by atoms with Crippen LogP contribution in [0.1, 0.15) is 62.0 Å². The molecule has 0 aliphatic carbocycles. The molecule has 2 aromatic heterocycles. The Labute approximate surface area is 266 Å². The highest BCUT2D eigenvalue weighted by Gasteiger charge is 2.45. The van der Waals surface area contributed by atoms with Gasteiger partial charge in [0.05, 0.1) is 28.2 Å². The fraction of sp³-hybridized carbons (Fsp3) is 0.375. The number of nitrogens with two attached hydrogens (primary N) is 1. The van der Waals surface area contributed by atoms with Crippen LogP contribution < -0.4 is 16.4 Å². The monoisotopic (exact) mass is 639 g/mol. The number of amides is 3. The van der Waals surface area contributed by atoms with E-state index in [1.165, 1.54) is 4.90 Å². The summed E-state index contributed by atoms with van der Waals surface area (Å²) in [4.78, 5) is 47.5. The van der Waals surface area contributed by atoms with Crippen molar-refractivity contribution in [2.24, 2.45) is 5.41 Å². The first-order valence-electron chi connectivity index (χ1n) is 14.2. The van der Waals surface area contributed by atoms with Crippen molar-refractivity contribution >= 4 is 58.1 Å². The number of halogens is 1. The van der Waals surface area contributed by atoms with Gasteiger partial charge in [-0.15, -0.1) is 23.7 Å². The minimum atomic E-state index is -0.987. The van der Waals surface area contributed by atoms with Crippen LogP contribution >= 0.6 is 23.7 Å². The van der Waals surface area contributed by atoms with Gasteiger partial charge in [-0.05, 0) is 54.7 Å². The molecule has 1 aliphatic heterocycles. The Balaban J connectivity index is 0.00000442. The lowest BCUT2D eigenvalue weighted by molar-refractivity contribution is -0.142. The van der Waals surface area contributed by atoms with E-state index in [1.807, 2.05) is 64.4 Å². The zero-order chi connectivity index (χ0) is 31.1. The van der Waals surface area contributed by atoms with Gasteiger partial charge in [-0.2, -0.15) is 0 Å². The number of hydrogen-bond acceptors (Lipinski definition) is 8. The fourth-order valence-electron chi connectivity index (χ4n) is 5.39. The number of nitrogens with zero attached hydrogens (tertiary/aromatic N) is 2. The molecule has 0 bridgehead atoms. The maximum atomic E-state index is 13.9. The van der Waals surface area contributed by atoms with Crippen molar-refractivity contribution < 1.29 is 23.9 Å². The first-order valence-corrected chi connectivity index (χ1v) is 15.1. The second-order valence-electron chi connectivity index (χ2n) is 12.2. The van der Waals surface area contributed by atoms with Crippen LogP contribution in [-0.2, 0) is 9.59 Å². The molecule has 4 aromatic rings. The van der Waals surface area contributed by atoms with Crippen molar-refractivity contribution in [1.29, 1.82) is 0 Å². The van der Waals surface area contributed by atoms with Crippen LogP contribution in [0.4, 0.5) is 5.69 Å². The number of aliphatic hydroxyl groups is 1. The maximum absolute atomic E-state index is 13.9. The molecule has 2 aromatic carbocycles. The highest BCUT2D eigenvalue weighted by atomic mass is 35.5. The first kappa shape index (κ1) is 33.0. The van der Waals surface area contributed by atoms with E-state index in [2.05, 4.69) is 15.6 Å². The number of hydrogen-bond donors (Lipinski definition) is 4. The second-order valence-corrected chi connectivity index (χ2v) is 13.1. The van der Waals surface area contributed by atoms with E-state index in [9.17, 15) is 19.5 Å². The molecule has 5 rings (SSSR count). The van der Waals surface area contributed by atoms with Crippen molar-refractivity contribution in [3.63, 3.8) is 0 Å². The third kappa shape index (κ3) is 6.90. The average molecular weight is 640 g/mol. The second kappa shape index (κ2) is 13.0. The number of fused-ring (bicyclic) bond motifs is 1. The Morgan fingerprint density at radius 2 is 1.82 bits per heavy atom. The lowest BCUT2D eigenvalue weighted by Gasteiger charge is -2.35. The van der Waals surface area contributed by atoms with Gasteiger partial charge >= 0.3 is 0 Å². The summed E-state index contributed by atoms with van der Waals surface area (Å²) in [5.41, 5.74) is 10.9. The van der Waals surface area contributed by atoms with E-state index in [-0.39, 0.29) is 43.1 Å². The Morgan fingerprint density at radius 3 is 2.45 bits per heavy atom. The first-order chi connectivity index (χ1) is 20.3. The Bertz CT molecular complexity index is 1660. The number of aliphatic hydroxyl groups excluding tert-OH is 1. The lowest BCUT2D eigenvalue weighted by atomic mass is 9.85. The van der Waals surface area contributed by atoms with Gasteiger partial charge in [0.25, 0.3) is 5.91 Å². The zero-order valence-electron chi connectivity index (χ0n) is 25.3. The highest BCUT2D eigenvalue weighted by molar-refractivity contribution is 7.13. The number of likely N-dealkylation sites (tertiary alicyclic amines) is 1. The fourth-order valence-corrected chi connectivity index (χ4v) is 6.20. The maximum Gasteiger partial charge on any atom is 0.287 e. The molecule has 5 N–H and O–H groups in total. The predicted molar refractivity (Wildman–Crippen MR) is 174 cm³/mol. The molecule has 0 radical (unpaired) electrons. The number of thiazole rings is 1. The number of aromatic nitrogens is 1. The number of rotatable bonds is 7. The topological polar surface area (TPSA) is 151 Å². The number of carbonyl (C=O) groups is 3. The average Bonchev–Trinajstić information content (AvgIpc) is 3.68. The van der Waals surface area contributed by atoms with Gasteiger partial charge < -0.3 is 30.8 Å². The summed E-state index contributed by atoms with van der Waals surface area (Å²) in [6.45, 7) is 9.32. The molecular formula is C32H38ClN5O5S. The molecule has 1 aliphatic rings. The summed E-state index contributed by atoms with van der Waals surface area (Å²) in [6.07, 6.45) is -0.766. The quantitative estimate of drug-likeness (QED) is 0.211. The third-order valence-electron chi connectivity index (χ3n) is 7.79. The van der Waals surface area contributed by atoms with E-state index < -0.39 is 35.4 Å². The summed E-state index contributed by atoms with van der Waals surface area (Å²) >= 11 is 1.58. The number of nitrogens with one attached hydrogen (secondary N) is 2. The van der Waals surface area contributed by atoms with Crippen LogP contribution in [0.15, 0.2) is 58.5 Å². The summed E-state index contributed by atoms with van der Waals surface area (Å²) < 4.78 is 5.70. The third-order valence-corrected chi connectivity index (χ3v) is 8.77. The van der Waals surface area contributed by atoms with Crippen LogP contribution in [0.25, 0.3) is 21.4 Å². The summed E-state index contributed by atoms with van der Waals surface area (Å²) in [7, 11) is 0. The molecule has 2 unspecified atom stereocenters. The van der Waals surface area contributed by atoms with Gasteiger partial charge in [0.1, 0.15) is 17.7 Å². The van der Waals surface area contributed by atoms with Gasteiger partial charge in [0.2, 0.25) is 11.8 Å². The molecule has 1 fully saturated rings. The minimum absolute atomic E-state index is 0. The molecule has 3 heterocycles. The van der Waals surface area contributed by atoms with E-state index in [4.69, 9.17) is 10.2 Å². The number of benzene rings is 2.